The van der Waals surface area contributed by atoms with Gasteiger partial charge in [-0.05, 0) is 30.5 Å². The minimum Gasteiger partial charge on any atom is -0.379 e. The van der Waals surface area contributed by atoms with Gasteiger partial charge in [0.2, 0.25) is 0 Å². The van der Waals surface area contributed by atoms with Crippen LogP contribution in [0.2, 0.25) is 5.02 Å². The molecule has 0 bridgehead atoms. The fourth-order valence-electron chi connectivity index (χ4n) is 2.38. The summed E-state index contributed by atoms with van der Waals surface area (Å²) in [5.74, 6) is 0.497. The highest BCUT2D eigenvalue weighted by atomic mass is 79.9. The van der Waals surface area contributed by atoms with Crippen molar-refractivity contribution in [2.75, 3.05) is 20.2 Å². The Kier molecular flexibility index (Phi) is 4.87. The standard InChI is InChI=1S/C14H17BrClNO2/c1-9-3-4-17(8-13(9)19-2)14(18)10-5-11(15)7-12(16)6-10/h5-7,9,13H,3-4,8H2,1-2H3. The molecule has 1 aliphatic rings. The lowest BCUT2D eigenvalue weighted by atomic mass is 9.95. The number of halogens is 2. The van der Waals surface area contributed by atoms with Crippen LogP contribution in [0.25, 0.3) is 0 Å². The number of carbonyl (C=O) groups excluding carboxylic acids is 1. The van der Waals surface area contributed by atoms with E-state index < -0.39 is 0 Å². The Balaban J connectivity index is 2.15. The van der Waals surface area contributed by atoms with Crippen LogP contribution in [-0.4, -0.2) is 37.1 Å². The number of ether oxygens (including phenoxy) is 1. The highest BCUT2D eigenvalue weighted by molar-refractivity contribution is 9.10. The maximum Gasteiger partial charge on any atom is 0.254 e. The van der Waals surface area contributed by atoms with E-state index in [0.717, 1.165) is 17.4 Å². The number of benzene rings is 1. The monoisotopic (exact) mass is 345 g/mol. The van der Waals surface area contributed by atoms with Gasteiger partial charge in [0, 0.05) is 35.3 Å². The maximum atomic E-state index is 12.5. The first-order valence-electron chi connectivity index (χ1n) is 6.29. The maximum absolute atomic E-state index is 12.5. The Hall–Kier alpha value is -0.580. The number of carbonyl (C=O) groups is 1. The molecule has 2 rings (SSSR count). The van der Waals surface area contributed by atoms with Crippen molar-refractivity contribution < 1.29 is 9.53 Å². The third kappa shape index (κ3) is 3.50. The number of hydrogen-bond acceptors (Lipinski definition) is 2. The molecule has 3 nitrogen and oxygen atoms in total. The lowest BCUT2D eigenvalue weighted by molar-refractivity contribution is -0.00156. The number of nitrogens with zero attached hydrogens (tertiary/aromatic N) is 1. The van der Waals surface area contributed by atoms with E-state index >= 15 is 0 Å². The Labute approximate surface area is 127 Å². The van der Waals surface area contributed by atoms with Crippen LogP contribution in [0.15, 0.2) is 22.7 Å². The van der Waals surface area contributed by atoms with Crippen LogP contribution >= 0.6 is 27.5 Å². The van der Waals surface area contributed by atoms with Crippen molar-refractivity contribution in [1.29, 1.82) is 0 Å². The predicted molar refractivity (Wildman–Crippen MR) is 79.6 cm³/mol. The molecule has 0 spiro atoms. The molecule has 104 valence electrons. The van der Waals surface area contributed by atoms with Gasteiger partial charge in [-0.15, -0.1) is 0 Å². The van der Waals surface area contributed by atoms with Crippen molar-refractivity contribution in [3.63, 3.8) is 0 Å². The number of likely N-dealkylation sites (tertiary alicyclic amines) is 1. The number of rotatable bonds is 2. The lowest BCUT2D eigenvalue weighted by Crippen LogP contribution is -2.46. The second-order valence-corrected chi connectivity index (χ2v) is 6.30. The molecule has 2 atom stereocenters. The van der Waals surface area contributed by atoms with Crippen LogP contribution in [0, 0.1) is 5.92 Å². The van der Waals surface area contributed by atoms with Gasteiger partial charge < -0.3 is 9.64 Å². The van der Waals surface area contributed by atoms with Gasteiger partial charge >= 0.3 is 0 Å². The van der Waals surface area contributed by atoms with Gasteiger partial charge in [-0.3, -0.25) is 4.79 Å². The van der Waals surface area contributed by atoms with Gasteiger partial charge in [0.25, 0.3) is 5.91 Å². The molecule has 1 aromatic carbocycles. The van der Waals surface area contributed by atoms with Crippen molar-refractivity contribution in [3.05, 3.63) is 33.3 Å². The molecule has 0 radical (unpaired) electrons. The molecule has 0 N–H and O–H groups in total. The SMILES string of the molecule is COC1CN(C(=O)c2cc(Cl)cc(Br)c2)CCC1C. The first-order valence-corrected chi connectivity index (χ1v) is 7.46. The van der Waals surface area contributed by atoms with E-state index in [2.05, 4.69) is 22.9 Å². The number of amides is 1. The molecule has 1 amide bonds. The quantitative estimate of drug-likeness (QED) is 0.819. The van der Waals surface area contributed by atoms with Gasteiger partial charge in [-0.2, -0.15) is 0 Å². The van der Waals surface area contributed by atoms with Crippen LogP contribution in [-0.2, 0) is 4.74 Å². The molecular weight excluding hydrogens is 330 g/mol. The Morgan fingerprint density at radius 1 is 1.47 bits per heavy atom. The molecule has 5 heteroatoms. The van der Waals surface area contributed by atoms with E-state index in [9.17, 15) is 4.79 Å². The molecule has 1 aliphatic heterocycles. The van der Waals surface area contributed by atoms with E-state index in [1.807, 2.05) is 4.90 Å². The smallest absolute Gasteiger partial charge is 0.254 e. The van der Waals surface area contributed by atoms with Crippen LogP contribution < -0.4 is 0 Å². The van der Waals surface area contributed by atoms with Gasteiger partial charge in [-0.1, -0.05) is 34.5 Å². The second kappa shape index (κ2) is 6.25. The Bertz CT molecular complexity index is 460. The topological polar surface area (TPSA) is 29.5 Å². The van der Waals surface area contributed by atoms with Crippen molar-refractivity contribution in [2.24, 2.45) is 5.92 Å². The summed E-state index contributed by atoms with van der Waals surface area (Å²) in [4.78, 5) is 14.3. The van der Waals surface area contributed by atoms with Gasteiger partial charge in [0.15, 0.2) is 0 Å². The molecule has 2 unspecified atom stereocenters. The van der Waals surface area contributed by atoms with E-state index in [4.69, 9.17) is 16.3 Å². The van der Waals surface area contributed by atoms with Crippen molar-refractivity contribution >= 4 is 33.4 Å². The second-order valence-electron chi connectivity index (χ2n) is 4.95. The van der Waals surface area contributed by atoms with Crippen LogP contribution in [0.1, 0.15) is 23.7 Å². The normalized spacial score (nSPS) is 23.5. The Morgan fingerprint density at radius 3 is 2.84 bits per heavy atom. The zero-order valence-electron chi connectivity index (χ0n) is 11.0. The van der Waals surface area contributed by atoms with Crippen molar-refractivity contribution in [3.8, 4) is 0 Å². The zero-order chi connectivity index (χ0) is 14.0. The number of hydrogen-bond donors (Lipinski definition) is 0. The summed E-state index contributed by atoms with van der Waals surface area (Å²) >= 11 is 9.35. The van der Waals surface area contributed by atoms with Crippen LogP contribution in [0.3, 0.4) is 0 Å². The summed E-state index contributed by atoms with van der Waals surface area (Å²) in [5.41, 5.74) is 0.615. The Morgan fingerprint density at radius 2 is 2.21 bits per heavy atom. The van der Waals surface area contributed by atoms with Crippen LogP contribution in [0.5, 0.6) is 0 Å². The summed E-state index contributed by atoms with van der Waals surface area (Å²) < 4.78 is 6.25. The summed E-state index contributed by atoms with van der Waals surface area (Å²) in [6, 6.07) is 5.27. The number of piperidine rings is 1. The predicted octanol–water partition coefficient (Wildman–Crippen LogP) is 3.60. The fraction of sp³-hybridized carbons (Fsp3) is 0.500. The molecule has 0 aromatic heterocycles. The van der Waals surface area contributed by atoms with E-state index in [1.165, 1.54) is 0 Å². The van der Waals surface area contributed by atoms with Gasteiger partial charge in [0.05, 0.1) is 6.10 Å². The molecule has 19 heavy (non-hydrogen) atoms. The minimum absolute atomic E-state index is 0.0113. The first-order chi connectivity index (χ1) is 9.01. The molecule has 1 fully saturated rings. The summed E-state index contributed by atoms with van der Waals surface area (Å²) in [5, 5.41) is 0.561. The van der Waals surface area contributed by atoms with E-state index in [0.29, 0.717) is 23.0 Å². The highest BCUT2D eigenvalue weighted by Gasteiger charge is 2.29. The van der Waals surface area contributed by atoms with E-state index in [-0.39, 0.29) is 12.0 Å². The van der Waals surface area contributed by atoms with E-state index in [1.54, 1.807) is 25.3 Å². The third-order valence-corrected chi connectivity index (χ3v) is 4.26. The molecule has 0 aliphatic carbocycles. The zero-order valence-corrected chi connectivity index (χ0v) is 13.4. The highest BCUT2D eigenvalue weighted by Crippen LogP contribution is 2.24. The molecular formula is C14H17BrClNO2. The average Bonchev–Trinajstić information content (AvgIpc) is 2.37. The summed E-state index contributed by atoms with van der Waals surface area (Å²) in [7, 11) is 1.70. The molecule has 1 aromatic rings. The fourth-order valence-corrected chi connectivity index (χ4v) is 3.25. The summed E-state index contributed by atoms with van der Waals surface area (Å²) in [6.07, 6.45) is 1.08. The van der Waals surface area contributed by atoms with Crippen molar-refractivity contribution in [2.45, 2.75) is 19.4 Å². The largest absolute Gasteiger partial charge is 0.379 e. The molecule has 0 saturated carbocycles. The first kappa shape index (κ1) is 14.8. The molecule has 1 saturated heterocycles. The average molecular weight is 347 g/mol. The van der Waals surface area contributed by atoms with Gasteiger partial charge in [0.1, 0.15) is 0 Å². The summed E-state index contributed by atoms with van der Waals surface area (Å²) in [6.45, 7) is 3.57. The lowest BCUT2D eigenvalue weighted by Gasteiger charge is -2.36. The van der Waals surface area contributed by atoms with Crippen molar-refractivity contribution in [1.82, 2.24) is 4.90 Å². The third-order valence-electron chi connectivity index (χ3n) is 3.59. The van der Waals surface area contributed by atoms with Gasteiger partial charge in [-0.25, -0.2) is 0 Å². The van der Waals surface area contributed by atoms with Crippen LogP contribution in [0.4, 0.5) is 0 Å². The molecule has 1 heterocycles. The minimum atomic E-state index is 0.0113. The number of methoxy groups -OCH3 is 1.